The fourth-order valence-electron chi connectivity index (χ4n) is 3.49. The van der Waals surface area contributed by atoms with Crippen LogP contribution < -0.4 is 5.43 Å². The summed E-state index contributed by atoms with van der Waals surface area (Å²) in [6.07, 6.45) is 3.39. The average Bonchev–Trinajstić information content (AvgIpc) is 2.74. The van der Waals surface area contributed by atoms with Crippen LogP contribution in [0.1, 0.15) is 5.56 Å². The maximum Gasteiger partial charge on any atom is 0.209 e. The Morgan fingerprint density at radius 3 is 2.50 bits per heavy atom. The summed E-state index contributed by atoms with van der Waals surface area (Å²) >= 11 is 0. The maximum absolute atomic E-state index is 12.4. The first-order valence-electron chi connectivity index (χ1n) is 9.01. The first kappa shape index (κ1) is 16.3. The highest BCUT2D eigenvalue weighted by atomic mass is 16.1. The molecule has 0 radical (unpaired) electrons. The van der Waals surface area contributed by atoms with Crippen LogP contribution in [-0.2, 0) is 0 Å². The van der Waals surface area contributed by atoms with Gasteiger partial charge < -0.3 is 4.98 Å². The van der Waals surface area contributed by atoms with Gasteiger partial charge in [-0.05, 0) is 30.7 Å². The lowest BCUT2D eigenvalue weighted by Crippen LogP contribution is -2.06. The van der Waals surface area contributed by atoms with E-state index in [4.69, 9.17) is 9.97 Å². The normalized spacial score (nSPS) is 11.2. The highest BCUT2D eigenvalue weighted by molar-refractivity contribution is 5.91. The number of hydrogen-bond acceptors (Lipinski definition) is 4. The molecule has 5 heteroatoms. The summed E-state index contributed by atoms with van der Waals surface area (Å²) in [6.45, 7) is 2.03. The molecule has 2 aromatic carbocycles. The SMILES string of the molecule is Cc1cc(-c2nc3c(=O)cc[nH]c3nc2-c2ccccc2)cc2cccnc12. The number of aryl methyl sites for hydroxylation is 1. The number of nitrogens with one attached hydrogen (secondary N) is 1. The van der Waals surface area contributed by atoms with E-state index < -0.39 is 0 Å². The summed E-state index contributed by atoms with van der Waals surface area (Å²) in [5.41, 5.74) is 5.95. The molecule has 3 heterocycles. The van der Waals surface area contributed by atoms with Gasteiger partial charge in [0, 0.05) is 35.0 Å². The first-order chi connectivity index (χ1) is 13.7. The highest BCUT2D eigenvalue weighted by Crippen LogP contribution is 2.32. The third-order valence-electron chi connectivity index (χ3n) is 4.80. The Kier molecular flexibility index (Phi) is 3.72. The number of pyridine rings is 2. The molecule has 0 unspecified atom stereocenters. The lowest BCUT2D eigenvalue weighted by molar-refractivity contribution is 1.21. The van der Waals surface area contributed by atoms with E-state index in [2.05, 4.69) is 22.1 Å². The van der Waals surface area contributed by atoms with Crippen LogP contribution in [0.4, 0.5) is 0 Å². The molecular formula is C23H16N4O. The van der Waals surface area contributed by atoms with Gasteiger partial charge >= 0.3 is 0 Å². The number of aromatic amines is 1. The van der Waals surface area contributed by atoms with Gasteiger partial charge in [0.2, 0.25) is 5.43 Å². The molecule has 28 heavy (non-hydrogen) atoms. The van der Waals surface area contributed by atoms with Crippen LogP contribution in [0.5, 0.6) is 0 Å². The third-order valence-corrected chi connectivity index (χ3v) is 4.80. The van der Waals surface area contributed by atoms with E-state index in [1.54, 1.807) is 12.4 Å². The van der Waals surface area contributed by atoms with Crippen molar-refractivity contribution >= 4 is 22.1 Å². The van der Waals surface area contributed by atoms with Gasteiger partial charge in [0.25, 0.3) is 0 Å². The van der Waals surface area contributed by atoms with Gasteiger partial charge in [-0.2, -0.15) is 0 Å². The average molecular weight is 364 g/mol. The van der Waals surface area contributed by atoms with Crippen LogP contribution in [0, 0.1) is 6.92 Å². The van der Waals surface area contributed by atoms with Crippen LogP contribution >= 0.6 is 0 Å². The maximum atomic E-state index is 12.4. The lowest BCUT2D eigenvalue weighted by atomic mass is 10.00. The number of fused-ring (bicyclic) bond motifs is 2. The van der Waals surface area contributed by atoms with Gasteiger partial charge in [0.05, 0.1) is 16.9 Å². The number of nitrogens with zero attached hydrogens (tertiary/aromatic N) is 3. The molecule has 3 aromatic heterocycles. The molecule has 0 aliphatic heterocycles. The molecule has 0 amide bonds. The topological polar surface area (TPSA) is 71.5 Å². The lowest BCUT2D eigenvalue weighted by Gasteiger charge is -2.12. The summed E-state index contributed by atoms with van der Waals surface area (Å²) in [5.74, 6) is 0. The molecule has 0 aliphatic carbocycles. The van der Waals surface area contributed by atoms with Gasteiger partial charge in [0.1, 0.15) is 0 Å². The van der Waals surface area contributed by atoms with Gasteiger partial charge in [-0.3, -0.25) is 9.78 Å². The standard InChI is InChI=1S/C23H16N4O/c1-14-12-17(13-16-8-5-10-24-19(14)16)21-20(15-6-3-2-4-7-15)27-23-22(26-21)18(28)9-11-25-23/h2-13H,1H3,(H,25,27,28). The second-order valence-electron chi connectivity index (χ2n) is 6.69. The molecule has 0 fully saturated rings. The number of rotatable bonds is 2. The minimum Gasteiger partial charge on any atom is -0.345 e. The molecule has 5 nitrogen and oxygen atoms in total. The van der Waals surface area contributed by atoms with E-state index in [0.29, 0.717) is 16.9 Å². The molecule has 0 atom stereocenters. The molecule has 5 rings (SSSR count). The van der Waals surface area contributed by atoms with E-state index in [0.717, 1.165) is 33.3 Å². The summed E-state index contributed by atoms with van der Waals surface area (Å²) in [6, 6.07) is 19.4. The van der Waals surface area contributed by atoms with Crippen LogP contribution in [-0.4, -0.2) is 19.9 Å². The Bertz CT molecular complexity index is 1390. The Labute approximate surface area is 160 Å². The fourth-order valence-corrected chi connectivity index (χ4v) is 3.49. The molecule has 1 N–H and O–H groups in total. The van der Waals surface area contributed by atoms with Crippen LogP contribution in [0.2, 0.25) is 0 Å². The minimum absolute atomic E-state index is 0.152. The first-order valence-corrected chi connectivity index (χ1v) is 9.01. The van der Waals surface area contributed by atoms with Crippen molar-refractivity contribution in [3.05, 3.63) is 88.8 Å². The molecule has 0 bridgehead atoms. The summed E-state index contributed by atoms with van der Waals surface area (Å²) in [4.78, 5) is 29.4. The molecule has 0 aliphatic rings. The van der Waals surface area contributed by atoms with E-state index >= 15 is 0 Å². The second-order valence-corrected chi connectivity index (χ2v) is 6.69. The van der Waals surface area contributed by atoms with Crippen molar-refractivity contribution in [1.82, 2.24) is 19.9 Å². The summed E-state index contributed by atoms with van der Waals surface area (Å²) < 4.78 is 0. The van der Waals surface area contributed by atoms with Crippen molar-refractivity contribution in [1.29, 1.82) is 0 Å². The molecule has 0 saturated carbocycles. The van der Waals surface area contributed by atoms with Crippen molar-refractivity contribution in [2.75, 3.05) is 0 Å². The molecule has 5 aromatic rings. The largest absolute Gasteiger partial charge is 0.345 e. The molecule has 0 saturated heterocycles. The second kappa shape index (κ2) is 6.39. The Hall–Kier alpha value is -3.86. The van der Waals surface area contributed by atoms with Crippen molar-refractivity contribution in [2.45, 2.75) is 6.92 Å². The Morgan fingerprint density at radius 1 is 0.821 bits per heavy atom. The predicted octanol–water partition coefficient (Wildman–Crippen LogP) is 4.51. The van der Waals surface area contributed by atoms with Gasteiger partial charge in [-0.25, -0.2) is 9.97 Å². The zero-order valence-corrected chi connectivity index (χ0v) is 15.2. The monoisotopic (exact) mass is 364 g/mol. The predicted molar refractivity (Wildman–Crippen MR) is 111 cm³/mol. The van der Waals surface area contributed by atoms with Gasteiger partial charge in [-0.15, -0.1) is 0 Å². The van der Waals surface area contributed by atoms with Crippen LogP contribution in [0.25, 0.3) is 44.6 Å². The number of hydrogen-bond donors (Lipinski definition) is 1. The third kappa shape index (κ3) is 2.65. The fraction of sp³-hybridized carbons (Fsp3) is 0.0435. The van der Waals surface area contributed by atoms with Crippen LogP contribution in [0.15, 0.2) is 77.9 Å². The van der Waals surface area contributed by atoms with E-state index in [1.165, 1.54) is 6.07 Å². The molecule has 134 valence electrons. The summed E-state index contributed by atoms with van der Waals surface area (Å²) in [7, 11) is 0. The number of H-pyrrole nitrogens is 1. The zero-order chi connectivity index (χ0) is 19.1. The smallest absolute Gasteiger partial charge is 0.209 e. The van der Waals surface area contributed by atoms with E-state index in [1.807, 2.05) is 49.4 Å². The summed E-state index contributed by atoms with van der Waals surface area (Å²) in [5, 5.41) is 1.03. The number of benzene rings is 2. The van der Waals surface area contributed by atoms with Crippen LogP contribution in [0.3, 0.4) is 0 Å². The van der Waals surface area contributed by atoms with E-state index in [-0.39, 0.29) is 5.43 Å². The Morgan fingerprint density at radius 2 is 1.64 bits per heavy atom. The highest BCUT2D eigenvalue weighted by Gasteiger charge is 2.16. The van der Waals surface area contributed by atoms with Crippen molar-refractivity contribution in [3.63, 3.8) is 0 Å². The van der Waals surface area contributed by atoms with Crippen molar-refractivity contribution < 1.29 is 0 Å². The van der Waals surface area contributed by atoms with Gasteiger partial charge in [0.15, 0.2) is 11.2 Å². The van der Waals surface area contributed by atoms with Crippen molar-refractivity contribution in [2.24, 2.45) is 0 Å². The molecule has 0 spiro atoms. The molecular weight excluding hydrogens is 348 g/mol. The minimum atomic E-state index is -0.152. The van der Waals surface area contributed by atoms with Crippen molar-refractivity contribution in [3.8, 4) is 22.5 Å². The van der Waals surface area contributed by atoms with E-state index in [9.17, 15) is 4.79 Å². The number of aromatic nitrogens is 4. The van der Waals surface area contributed by atoms with Gasteiger partial charge in [-0.1, -0.05) is 36.4 Å². The zero-order valence-electron chi connectivity index (χ0n) is 15.2. The Balaban J connectivity index is 1.88. The quantitative estimate of drug-likeness (QED) is 0.500.